The van der Waals surface area contributed by atoms with Crippen LogP contribution in [-0.4, -0.2) is 36.7 Å². The highest BCUT2D eigenvalue weighted by atomic mass is 32.2. The maximum Gasteiger partial charge on any atom is 0.239 e. The third kappa shape index (κ3) is 4.00. The van der Waals surface area contributed by atoms with Gasteiger partial charge in [0.1, 0.15) is 0 Å². The molecule has 1 aliphatic rings. The third-order valence-electron chi connectivity index (χ3n) is 3.92. The average Bonchev–Trinajstić information content (AvgIpc) is 2.47. The van der Waals surface area contributed by atoms with Crippen LogP contribution in [0.25, 0.3) is 0 Å². The quantitative estimate of drug-likeness (QED) is 0.866. The summed E-state index contributed by atoms with van der Waals surface area (Å²) in [6.07, 6.45) is 4.19. The summed E-state index contributed by atoms with van der Waals surface area (Å²) < 4.78 is 0. The van der Waals surface area contributed by atoms with Crippen LogP contribution in [0.1, 0.15) is 25.3 Å². The molecule has 1 heterocycles. The van der Waals surface area contributed by atoms with E-state index in [-0.39, 0.29) is 11.9 Å². The third-order valence-corrected chi connectivity index (χ3v) is 4.66. The Morgan fingerprint density at radius 2 is 2.10 bits per heavy atom. The summed E-state index contributed by atoms with van der Waals surface area (Å²) in [5, 5.41) is 3.34. The molecule has 2 rings (SSSR count). The van der Waals surface area contributed by atoms with Crippen molar-refractivity contribution >= 4 is 17.7 Å². The average molecular weight is 292 g/mol. The Morgan fingerprint density at radius 3 is 2.70 bits per heavy atom. The molecule has 1 aromatic rings. The van der Waals surface area contributed by atoms with Gasteiger partial charge >= 0.3 is 0 Å². The predicted molar refractivity (Wildman–Crippen MR) is 84.9 cm³/mol. The molecule has 2 unspecified atom stereocenters. The zero-order valence-corrected chi connectivity index (χ0v) is 13.4. The van der Waals surface area contributed by atoms with Crippen molar-refractivity contribution in [2.24, 2.45) is 5.92 Å². The number of hydrogen-bond acceptors (Lipinski definition) is 3. The maximum atomic E-state index is 12.4. The van der Waals surface area contributed by atoms with Crippen LogP contribution in [0.15, 0.2) is 29.2 Å². The molecule has 110 valence electrons. The van der Waals surface area contributed by atoms with E-state index in [0.29, 0.717) is 12.5 Å². The number of nitrogens with zero attached hydrogens (tertiary/aromatic N) is 1. The van der Waals surface area contributed by atoms with Crippen molar-refractivity contribution in [2.75, 3.05) is 19.8 Å². The topological polar surface area (TPSA) is 32.3 Å². The zero-order valence-electron chi connectivity index (χ0n) is 12.6. The van der Waals surface area contributed by atoms with E-state index in [1.165, 1.54) is 16.9 Å². The molecule has 1 aliphatic heterocycles. The molecule has 0 radical (unpaired) electrons. The Labute approximate surface area is 126 Å². The highest BCUT2D eigenvalue weighted by Crippen LogP contribution is 2.18. The van der Waals surface area contributed by atoms with Crippen molar-refractivity contribution in [1.82, 2.24) is 10.2 Å². The van der Waals surface area contributed by atoms with Crippen molar-refractivity contribution in [3.05, 3.63) is 29.8 Å². The van der Waals surface area contributed by atoms with E-state index in [1.807, 2.05) is 11.9 Å². The fraction of sp³-hybridized carbons (Fsp3) is 0.562. The van der Waals surface area contributed by atoms with Gasteiger partial charge in [-0.05, 0) is 49.3 Å². The smallest absolute Gasteiger partial charge is 0.239 e. The van der Waals surface area contributed by atoms with Crippen LogP contribution in [0.3, 0.4) is 0 Å². The van der Waals surface area contributed by atoms with E-state index in [2.05, 4.69) is 42.8 Å². The standard InChI is InChI=1S/C16H24N2OS/c1-12-8-9-17-15(10-12)16(19)18(2)11-13-4-6-14(20-3)7-5-13/h4-7,12,15,17H,8-11H2,1-3H3. The van der Waals surface area contributed by atoms with E-state index in [0.717, 1.165) is 13.0 Å². The second-order valence-corrected chi connectivity index (χ2v) is 6.56. The Bertz CT molecular complexity index is 446. The highest BCUT2D eigenvalue weighted by Gasteiger charge is 2.26. The number of nitrogens with one attached hydrogen (secondary N) is 1. The predicted octanol–water partition coefficient (Wildman–Crippen LogP) is 2.76. The fourth-order valence-electron chi connectivity index (χ4n) is 2.64. The number of thioether (sulfide) groups is 1. The largest absolute Gasteiger partial charge is 0.340 e. The Hall–Kier alpha value is -1.00. The van der Waals surface area contributed by atoms with Gasteiger partial charge in [0.15, 0.2) is 0 Å². The number of amides is 1. The lowest BCUT2D eigenvalue weighted by molar-refractivity contribution is -0.133. The lowest BCUT2D eigenvalue weighted by atomic mass is 9.93. The van der Waals surface area contributed by atoms with Crippen molar-refractivity contribution in [2.45, 2.75) is 37.2 Å². The highest BCUT2D eigenvalue weighted by molar-refractivity contribution is 7.98. The van der Waals surface area contributed by atoms with Gasteiger partial charge in [0.2, 0.25) is 5.91 Å². The summed E-state index contributed by atoms with van der Waals surface area (Å²) in [6, 6.07) is 8.42. The fourth-order valence-corrected chi connectivity index (χ4v) is 3.05. The number of benzene rings is 1. The van der Waals surface area contributed by atoms with E-state index in [9.17, 15) is 4.79 Å². The van der Waals surface area contributed by atoms with Gasteiger partial charge in [-0.1, -0.05) is 19.1 Å². The van der Waals surface area contributed by atoms with E-state index in [4.69, 9.17) is 0 Å². The van der Waals surface area contributed by atoms with Crippen LogP contribution < -0.4 is 5.32 Å². The van der Waals surface area contributed by atoms with E-state index >= 15 is 0 Å². The molecule has 1 aromatic carbocycles. The first-order valence-electron chi connectivity index (χ1n) is 7.21. The first kappa shape index (κ1) is 15.4. The van der Waals surface area contributed by atoms with Crippen molar-refractivity contribution in [3.8, 4) is 0 Å². The lowest BCUT2D eigenvalue weighted by Crippen LogP contribution is -2.48. The van der Waals surface area contributed by atoms with Gasteiger partial charge in [-0.25, -0.2) is 0 Å². The Balaban J connectivity index is 1.92. The van der Waals surface area contributed by atoms with Crippen LogP contribution in [0.2, 0.25) is 0 Å². The lowest BCUT2D eigenvalue weighted by Gasteiger charge is -2.30. The minimum atomic E-state index is -0.00535. The minimum absolute atomic E-state index is 0.00535. The molecule has 1 fully saturated rings. The molecule has 1 N–H and O–H groups in total. The van der Waals surface area contributed by atoms with E-state index < -0.39 is 0 Å². The number of likely N-dealkylation sites (N-methyl/N-ethyl adjacent to an activating group) is 1. The molecule has 0 saturated carbocycles. The molecule has 0 aliphatic carbocycles. The van der Waals surface area contributed by atoms with Crippen molar-refractivity contribution < 1.29 is 4.79 Å². The summed E-state index contributed by atoms with van der Waals surface area (Å²) in [5.41, 5.74) is 1.18. The summed E-state index contributed by atoms with van der Waals surface area (Å²) in [6.45, 7) is 3.86. The van der Waals surface area contributed by atoms with Crippen LogP contribution >= 0.6 is 11.8 Å². The van der Waals surface area contributed by atoms with Crippen LogP contribution in [-0.2, 0) is 11.3 Å². The minimum Gasteiger partial charge on any atom is -0.340 e. The molecular weight excluding hydrogens is 268 g/mol. The molecule has 0 bridgehead atoms. The Kier molecular flexibility index (Phi) is 5.49. The summed E-state index contributed by atoms with van der Waals surface area (Å²) in [5.74, 6) is 0.852. The molecule has 3 nitrogen and oxygen atoms in total. The zero-order chi connectivity index (χ0) is 14.5. The Morgan fingerprint density at radius 1 is 1.40 bits per heavy atom. The van der Waals surface area contributed by atoms with Gasteiger partial charge in [-0.2, -0.15) is 0 Å². The molecule has 0 aromatic heterocycles. The first-order chi connectivity index (χ1) is 9.60. The van der Waals surface area contributed by atoms with Crippen molar-refractivity contribution in [1.29, 1.82) is 0 Å². The molecule has 20 heavy (non-hydrogen) atoms. The summed E-state index contributed by atoms with van der Waals surface area (Å²) in [4.78, 5) is 15.5. The van der Waals surface area contributed by atoms with Crippen LogP contribution in [0.4, 0.5) is 0 Å². The molecule has 1 saturated heterocycles. The number of carbonyl (C=O) groups is 1. The number of rotatable bonds is 4. The monoisotopic (exact) mass is 292 g/mol. The number of piperidine rings is 1. The summed E-state index contributed by atoms with van der Waals surface area (Å²) >= 11 is 1.74. The van der Waals surface area contributed by atoms with E-state index in [1.54, 1.807) is 11.8 Å². The van der Waals surface area contributed by atoms with Gasteiger partial charge in [-0.3, -0.25) is 4.79 Å². The van der Waals surface area contributed by atoms with Crippen molar-refractivity contribution in [3.63, 3.8) is 0 Å². The van der Waals surface area contributed by atoms with Gasteiger partial charge in [0.25, 0.3) is 0 Å². The van der Waals surface area contributed by atoms with Gasteiger partial charge in [-0.15, -0.1) is 11.8 Å². The van der Waals surface area contributed by atoms with Gasteiger partial charge in [0.05, 0.1) is 6.04 Å². The molecule has 0 spiro atoms. The SMILES string of the molecule is CSc1ccc(CN(C)C(=O)C2CC(C)CCN2)cc1. The number of hydrogen-bond donors (Lipinski definition) is 1. The normalized spacial score (nSPS) is 22.6. The van der Waals surface area contributed by atoms with Crippen LogP contribution in [0, 0.1) is 5.92 Å². The molecular formula is C16H24N2OS. The maximum absolute atomic E-state index is 12.4. The molecule has 1 amide bonds. The molecule has 2 atom stereocenters. The van der Waals surface area contributed by atoms with Gasteiger partial charge < -0.3 is 10.2 Å². The number of carbonyl (C=O) groups excluding carboxylic acids is 1. The first-order valence-corrected chi connectivity index (χ1v) is 8.44. The molecule has 4 heteroatoms. The summed E-state index contributed by atoms with van der Waals surface area (Å²) in [7, 11) is 1.89. The van der Waals surface area contributed by atoms with Gasteiger partial charge in [0, 0.05) is 18.5 Å². The second kappa shape index (κ2) is 7.14. The van der Waals surface area contributed by atoms with Crippen LogP contribution in [0.5, 0.6) is 0 Å². The second-order valence-electron chi connectivity index (χ2n) is 5.68.